The molecule has 1 aromatic heterocycles. The Kier molecular flexibility index (Phi) is 3.67. The van der Waals surface area contributed by atoms with E-state index < -0.39 is 0 Å². The number of aryl methyl sites for hydroxylation is 2. The maximum absolute atomic E-state index is 5.62. The summed E-state index contributed by atoms with van der Waals surface area (Å²) in [4.78, 5) is 0. The molecule has 4 nitrogen and oxygen atoms in total. The first-order valence-corrected chi connectivity index (χ1v) is 6.09. The van der Waals surface area contributed by atoms with Gasteiger partial charge in [0.25, 0.3) is 0 Å². The Labute approximate surface area is 107 Å². The zero-order chi connectivity index (χ0) is 13.1. The second-order valence-electron chi connectivity index (χ2n) is 4.23. The van der Waals surface area contributed by atoms with Crippen LogP contribution in [0.3, 0.4) is 0 Å². The van der Waals surface area contributed by atoms with E-state index >= 15 is 0 Å². The lowest BCUT2D eigenvalue weighted by Crippen LogP contribution is -1.99. The van der Waals surface area contributed by atoms with Gasteiger partial charge in [0.1, 0.15) is 5.75 Å². The molecule has 0 atom stereocenters. The van der Waals surface area contributed by atoms with Crippen LogP contribution in [0.1, 0.15) is 18.2 Å². The normalized spacial score (nSPS) is 10.7. The standard InChI is InChI=1S/C14H19N3O/c1-4-10-7-11(5-6-14(10)18-3)13-8-12(9-15)16-17(13)2/h5-8H,4,9,15H2,1-3H3. The van der Waals surface area contributed by atoms with Crippen LogP contribution in [-0.4, -0.2) is 16.9 Å². The summed E-state index contributed by atoms with van der Waals surface area (Å²) in [5, 5.41) is 4.36. The minimum Gasteiger partial charge on any atom is -0.496 e. The molecular formula is C14H19N3O. The summed E-state index contributed by atoms with van der Waals surface area (Å²) in [7, 11) is 3.63. The highest BCUT2D eigenvalue weighted by Crippen LogP contribution is 2.27. The molecule has 2 N–H and O–H groups in total. The first kappa shape index (κ1) is 12.6. The topological polar surface area (TPSA) is 53.1 Å². The Morgan fingerprint density at radius 1 is 1.33 bits per heavy atom. The van der Waals surface area contributed by atoms with Crippen molar-refractivity contribution in [3.63, 3.8) is 0 Å². The molecule has 1 aromatic carbocycles. The van der Waals surface area contributed by atoms with Gasteiger partial charge >= 0.3 is 0 Å². The predicted octanol–water partition coefficient (Wildman–Crippen LogP) is 2.12. The molecule has 2 rings (SSSR count). The number of methoxy groups -OCH3 is 1. The largest absolute Gasteiger partial charge is 0.496 e. The molecule has 0 amide bonds. The Morgan fingerprint density at radius 2 is 2.11 bits per heavy atom. The van der Waals surface area contributed by atoms with Crippen molar-refractivity contribution in [1.82, 2.24) is 9.78 Å². The fraction of sp³-hybridized carbons (Fsp3) is 0.357. The highest BCUT2D eigenvalue weighted by Gasteiger charge is 2.09. The number of aromatic nitrogens is 2. The maximum Gasteiger partial charge on any atom is 0.122 e. The molecule has 96 valence electrons. The average Bonchev–Trinajstić information content (AvgIpc) is 2.79. The van der Waals surface area contributed by atoms with Crippen molar-refractivity contribution >= 4 is 0 Å². The second kappa shape index (κ2) is 5.23. The fourth-order valence-corrected chi connectivity index (χ4v) is 2.11. The summed E-state index contributed by atoms with van der Waals surface area (Å²) in [6.07, 6.45) is 0.943. The van der Waals surface area contributed by atoms with E-state index in [-0.39, 0.29) is 0 Å². The zero-order valence-corrected chi connectivity index (χ0v) is 11.1. The van der Waals surface area contributed by atoms with E-state index in [2.05, 4.69) is 24.2 Å². The Balaban J connectivity index is 2.47. The van der Waals surface area contributed by atoms with Crippen molar-refractivity contribution in [2.75, 3.05) is 7.11 Å². The van der Waals surface area contributed by atoms with E-state index in [1.165, 1.54) is 5.56 Å². The quantitative estimate of drug-likeness (QED) is 0.897. The van der Waals surface area contributed by atoms with Crippen molar-refractivity contribution in [2.45, 2.75) is 19.9 Å². The maximum atomic E-state index is 5.62. The van der Waals surface area contributed by atoms with Crippen LogP contribution in [0.5, 0.6) is 5.75 Å². The van der Waals surface area contributed by atoms with Crippen LogP contribution >= 0.6 is 0 Å². The van der Waals surface area contributed by atoms with Gasteiger partial charge in [0.05, 0.1) is 18.5 Å². The van der Waals surface area contributed by atoms with Gasteiger partial charge in [-0.1, -0.05) is 6.92 Å². The minimum absolute atomic E-state index is 0.463. The molecule has 0 radical (unpaired) electrons. The zero-order valence-electron chi connectivity index (χ0n) is 11.1. The van der Waals surface area contributed by atoms with Gasteiger partial charge in [-0.2, -0.15) is 5.10 Å². The van der Waals surface area contributed by atoms with Crippen LogP contribution in [0.2, 0.25) is 0 Å². The highest BCUT2D eigenvalue weighted by atomic mass is 16.5. The molecule has 0 aliphatic heterocycles. The van der Waals surface area contributed by atoms with E-state index in [9.17, 15) is 0 Å². The van der Waals surface area contributed by atoms with Crippen molar-refractivity contribution < 1.29 is 4.74 Å². The molecule has 0 bridgehead atoms. The SMILES string of the molecule is CCc1cc(-c2cc(CN)nn2C)ccc1OC. The monoisotopic (exact) mass is 245 g/mol. The molecule has 0 saturated carbocycles. The first-order chi connectivity index (χ1) is 8.69. The lowest BCUT2D eigenvalue weighted by molar-refractivity contribution is 0.410. The molecular weight excluding hydrogens is 226 g/mol. The minimum atomic E-state index is 0.463. The van der Waals surface area contributed by atoms with Gasteiger partial charge in [0, 0.05) is 19.2 Å². The summed E-state index contributed by atoms with van der Waals surface area (Å²) in [5.41, 5.74) is 9.94. The predicted molar refractivity (Wildman–Crippen MR) is 72.5 cm³/mol. The van der Waals surface area contributed by atoms with Gasteiger partial charge in [-0.05, 0) is 36.2 Å². The molecule has 0 aliphatic carbocycles. The Bertz CT molecular complexity index is 546. The molecule has 1 heterocycles. The van der Waals surface area contributed by atoms with Crippen LogP contribution in [0.15, 0.2) is 24.3 Å². The number of benzene rings is 1. The third-order valence-electron chi connectivity index (χ3n) is 3.10. The highest BCUT2D eigenvalue weighted by molar-refractivity contribution is 5.63. The number of nitrogens with zero attached hydrogens (tertiary/aromatic N) is 2. The molecule has 0 spiro atoms. The number of nitrogens with two attached hydrogens (primary N) is 1. The van der Waals surface area contributed by atoms with Crippen molar-refractivity contribution in [3.8, 4) is 17.0 Å². The summed E-state index contributed by atoms with van der Waals surface area (Å²) in [5.74, 6) is 0.933. The number of hydrogen-bond donors (Lipinski definition) is 1. The van der Waals surface area contributed by atoms with E-state index in [4.69, 9.17) is 10.5 Å². The van der Waals surface area contributed by atoms with Gasteiger partial charge in [-0.15, -0.1) is 0 Å². The van der Waals surface area contributed by atoms with Crippen LogP contribution in [0, 0.1) is 0 Å². The second-order valence-corrected chi connectivity index (χ2v) is 4.23. The van der Waals surface area contributed by atoms with Gasteiger partial charge in [0.15, 0.2) is 0 Å². The average molecular weight is 245 g/mol. The van der Waals surface area contributed by atoms with Gasteiger partial charge in [-0.25, -0.2) is 0 Å². The van der Waals surface area contributed by atoms with Crippen molar-refractivity contribution in [3.05, 3.63) is 35.5 Å². The molecule has 0 aliphatic rings. The molecule has 2 aromatic rings. The number of hydrogen-bond acceptors (Lipinski definition) is 3. The summed E-state index contributed by atoms with van der Waals surface area (Å²) < 4.78 is 7.21. The smallest absolute Gasteiger partial charge is 0.122 e. The summed E-state index contributed by atoms with van der Waals surface area (Å²) in [6.45, 7) is 2.58. The Morgan fingerprint density at radius 3 is 2.67 bits per heavy atom. The van der Waals surface area contributed by atoms with E-state index in [0.29, 0.717) is 6.54 Å². The summed E-state index contributed by atoms with van der Waals surface area (Å²) in [6, 6.07) is 8.23. The number of rotatable bonds is 4. The van der Waals surface area contributed by atoms with E-state index in [0.717, 1.165) is 29.1 Å². The third-order valence-corrected chi connectivity index (χ3v) is 3.10. The molecule has 0 fully saturated rings. The lowest BCUT2D eigenvalue weighted by Gasteiger charge is -2.09. The molecule has 18 heavy (non-hydrogen) atoms. The van der Waals surface area contributed by atoms with Gasteiger partial charge in [0.2, 0.25) is 0 Å². The molecule has 4 heteroatoms. The van der Waals surface area contributed by atoms with Crippen LogP contribution < -0.4 is 10.5 Å². The first-order valence-electron chi connectivity index (χ1n) is 6.09. The van der Waals surface area contributed by atoms with Gasteiger partial charge in [-0.3, -0.25) is 4.68 Å². The van der Waals surface area contributed by atoms with E-state index in [1.54, 1.807) is 7.11 Å². The van der Waals surface area contributed by atoms with Crippen LogP contribution in [0.4, 0.5) is 0 Å². The van der Waals surface area contributed by atoms with Crippen LogP contribution in [-0.2, 0) is 20.0 Å². The van der Waals surface area contributed by atoms with E-state index in [1.807, 2.05) is 23.9 Å². The molecule has 0 saturated heterocycles. The summed E-state index contributed by atoms with van der Waals surface area (Å²) >= 11 is 0. The van der Waals surface area contributed by atoms with Crippen LogP contribution in [0.25, 0.3) is 11.3 Å². The van der Waals surface area contributed by atoms with Gasteiger partial charge < -0.3 is 10.5 Å². The molecule has 0 unspecified atom stereocenters. The van der Waals surface area contributed by atoms with Crippen molar-refractivity contribution in [1.29, 1.82) is 0 Å². The Hall–Kier alpha value is -1.81. The third kappa shape index (κ3) is 2.24. The fourth-order valence-electron chi connectivity index (χ4n) is 2.11. The lowest BCUT2D eigenvalue weighted by atomic mass is 10.0. The van der Waals surface area contributed by atoms with Crippen molar-refractivity contribution in [2.24, 2.45) is 12.8 Å². The number of ether oxygens (including phenoxy) is 1.